The molecule has 4 nitrogen and oxygen atoms in total. The van der Waals surface area contributed by atoms with Crippen molar-refractivity contribution >= 4 is 0 Å². The molecule has 1 aromatic rings. The molecule has 1 rings (SSSR count). The second kappa shape index (κ2) is 8.08. The molecular weight excluding hydrogens is 230 g/mol. The van der Waals surface area contributed by atoms with Crippen LogP contribution in [0.5, 0.6) is 5.75 Å². The van der Waals surface area contributed by atoms with Crippen molar-refractivity contribution in [1.82, 2.24) is 5.32 Å². The largest absolute Gasteiger partial charge is 0.494 e. The van der Waals surface area contributed by atoms with Crippen LogP contribution in [0.3, 0.4) is 0 Å². The van der Waals surface area contributed by atoms with Gasteiger partial charge in [0.1, 0.15) is 5.75 Å². The highest BCUT2D eigenvalue weighted by Crippen LogP contribution is 2.19. The molecule has 1 unspecified atom stereocenters. The third kappa shape index (κ3) is 4.64. The molecule has 0 spiro atoms. The Hall–Kier alpha value is -1.10. The Morgan fingerprint density at radius 3 is 2.67 bits per heavy atom. The molecule has 18 heavy (non-hydrogen) atoms. The maximum absolute atomic E-state index is 9.11. The van der Waals surface area contributed by atoms with Crippen LogP contribution >= 0.6 is 0 Å². The fourth-order valence-corrected chi connectivity index (χ4v) is 1.81. The first-order valence-electron chi connectivity index (χ1n) is 6.38. The van der Waals surface area contributed by atoms with Gasteiger partial charge in [0.05, 0.1) is 13.2 Å². The lowest BCUT2D eigenvalue weighted by atomic mass is 10.1. The van der Waals surface area contributed by atoms with Gasteiger partial charge in [0.2, 0.25) is 0 Å². The van der Waals surface area contributed by atoms with Gasteiger partial charge < -0.3 is 20.3 Å². The molecule has 3 N–H and O–H groups in total. The number of nitrogens with one attached hydrogen (secondary N) is 1. The van der Waals surface area contributed by atoms with E-state index in [9.17, 15) is 0 Å². The minimum atomic E-state index is -0.0538. The van der Waals surface area contributed by atoms with Gasteiger partial charge in [0, 0.05) is 19.2 Å². The van der Waals surface area contributed by atoms with Gasteiger partial charge in [-0.1, -0.05) is 12.1 Å². The molecule has 0 bridgehead atoms. The lowest BCUT2D eigenvalue weighted by Crippen LogP contribution is -2.32. The number of benzene rings is 1. The standard InChI is InChI=1S/C14H23NO3/c1-3-18-14-5-4-12(8-11(14)2)9-15-13(10-17)6-7-16/h4-5,8,13,15-17H,3,6-7,9-10H2,1-2H3. The number of hydrogen-bond donors (Lipinski definition) is 3. The van der Waals surface area contributed by atoms with E-state index in [2.05, 4.69) is 11.4 Å². The van der Waals surface area contributed by atoms with Crippen LogP contribution in [0.25, 0.3) is 0 Å². The fourth-order valence-electron chi connectivity index (χ4n) is 1.81. The summed E-state index contributed by atoms with van der Waals surface area (Å²) in [4.78, 5) is 0. The van der Waals surface area contributed by atoms with Crippen LogP contribution in [-0.2, 0) is 6.54 Å². The van der Waals surface area contributed by atoms with E-state index in [-0.39, 0.29) is 19.3 Å². The molecule has 4 heteroatoms. The van der Waals surface area contributed by atoms with Gasteiger partial charge in [-0.25, -0.2) is 0 Å². The molecule has 0 saturated heterocycles. The van der Waals surface area contributed by atoms with E-state index < -0.39 is 0 Å². The third-order valence-electron chi connectivity index (χ3n) is 2.83. The molecule has 0 aliphatic heterocycles. The quantitative estimate of drug-likeness (QED) is 0.652. The molecule has 1 atom stereocenters. The van der Waals surface area contributed by atoms with Crippen LogP contribution in [-0.4, -0.2) is 36.1 Å². The normalized spacial score (nSPS) is 12.4. The Morgan fingerprint density at radius 2 is 2.11 bits per heavy atom. The summed E-state index contributed by atoms with van der Waals surface area (Å²) in [7, 11) is 0. The van der Waals surface area contributed by atoms with Gasteiger partial charge in [-0.05, 0) is 37.5 Å². The summed E-state index contributed by atoms with van der Waals surface area (Å²) in [5.74, 6) is 0.912. The highest BCUT2D eigenvalue weighted by atomic mass is 16.5. The second-order valence-corrected chi connectivity index (χ2v) is 4.31. The minimum absolute atomic E-state index is 0.0383. The van der Waals surface area contributed by atoms with E-state index in [0.717, 1.165) is 16.9 Å². The van der Waals surface area contributed by atoms with Gasteiger partial charge in [0.25, 0.3) is 0 Å². The predicted molar refractivity (Wildman–Crippen MR) is 71.8 cm³/mol. The Bertz CT molecular complexity index is 355. The summed E-state index contributed by atoms with van der Waals surface area (Å²) in [6, 6.07) is 6.00. The fraction of sp³-hybridized carbons (Fsp3) is 0.571. The Balaban J connectivity index is 2.54. The van der Waals surface area contributed by atoms with E-state index >= 15 is 0 Å². The lowest BCUT2D eigenvalue weighted by molar-refractivity contribution is 0.200. The maximum Gasteiger partial charge on any atom is 0.122 e. The number of ether oxygens (including phenoxy) is 1. The first kappa shape index (κ1) is 15.0. The van der Waals surface area contributed by atoms with E-state index in [1.54, 1.807) is 0 Å². The molecule has 0 radical (unpaired) electrons. The van der Waals surface area contributed by atoms with Crippen molar-refractivity contribution in [2.45, 2.75) is 32.9 Å². The van der Waals surface area contributed by atoms with Crippen molar-refractivity contribution < 1.29 is 14.9 Å². The summed E-state index contributed by atoms with van der Waals surface area (Å²) in [5.41, 5.74) is 2.26. The summed E-state index contributed by atoms with van der Waals surface area (Å²) >= 11 is 0. The first-order chi connectivity index (χ1) is 8.71. The van der Waals surface area contributed by atoms with E-state index in [1.165, 1.54) is 0 Å². The summed E-state index contributed by atoms with van der Waals surface area (Å²) in [6.45, 7) is 5.46. The van der Waals surface area contributed by atoms with Gasteiger partial charge in [-0.15, -0.1) is 0 Å². The number of hydrogen-bond acceptors (Lipinski definition) is 4. The average Bonchev–Trinajstić information content (AvgIpc) is 2.37. The third-order valence-corrected chi connectivity index (χ3v) is 2.83. The van der Waals surface area contributed by atoms with Crippen molar-refractivity contribution in [1.29, 1.82) is 0 Å². The molecule has 102 valence electrons. The smallest absolute Gasteiger partial charge is 0.122 e. The van der Waals surface area contributed by atoms with E-state index in [4.69, 9.17) is 14.9 Å². The van der Waals surface area contributed by atoms with Crippen LogP contribution in [0.2, 0.25) is 0 Å². The van der Waals surface area contributed by atoms with Crippen molar-refractivity contribution in [2.75, 3.05) is 19.8 Å². The van der Waals surface area contributed by atoms with Crippen LogP contribution in [0.1, 0.15) is 24.5 Å². The highest BCUT2D eigenvalue weighted by Gasteiger charge is 2.06. The second-order valence-electron chi connectivity index (χ2n) is 4.31. The van der Waals surface area contributed by atoms with Crippen molar-refractivity contribution in [3.05, 3.63) is 29.3 Å². The van der Waals surface area contributed by atoms with Gasteiger partial charge in [-0.3, -0.25) is 0 Å². The number of aliphatic hydroxyl groups is 2. The van der Waals surface area contributed by atoms with Crippen molar-refractivity contribution in [3.63, 3.8) is 0 Å². The zero-order valence-electron chi connectivity index (χ0n) is 11.1. The van der Waals surface area contributed by atoms with Gasteiger partial charge in [0.15, 0.2) is 0 Å². The number of aryl methyl sites for hydroxylation is 1. The van der Waals surface area contributed by atoms with Crippen molar-refractivity contribution in [3.8, 4) is 5.75 Å². The zero-order valence-corrected chi connectivity index (χ0v) is 11.1. The topological polar surface area (TPSA) is 61.7 Å². The molecule has 0 aliphatic rings. The van der Waals surface area contributed by atoms with Crippen LogP contribution in [0, 0.1) is 6.92 Å². The van der Waals surface area contributed by atoms with Crippen LogP contribution in [0.4, 0.5) is 0 Å². The SMILES string of the molecule is CCOc1ccc(CNC(CO)CCO)cc1C. The Morgan fingerprint density at radius 1 is 1.33 bits per heavy atom. The van der Waals surface area contributed by atoms with Gasteiger partial charge >= 0.3 is 0 Å². The molecular formula is C14H23NO3. The molecule has 0 aromatic heterocycles. The first-order valence-corrected chi connectivity index (χ1v) is 6.38. The average molecular weight is 253 g/mol. The predicted octanol–water partition coefficient (Wildman–Crippen LogP) is 1.23. The van der Waals surface area contributed by atoms with E-state index in [1.807, 2.05) is 26.0 Å². The summed E-state index contributed by atoms with van der Waals surface area (Å²) in [5, 5.41) is 21.2. The Labute approximate surface area is 109 Å². The van der Waals surface area contributed by atoms with Gasteiger partial charge in [-0.2, -0.15) is 0 Å². The summed E-state index contributed by atoms with van der Waals surface area (Å²) < 4.78 is 5.48. The van der Waals surface area contributed by atoms with Crippen LogP contribution < -0.4 is 10.1 Å². The lowest BCUT2D eigenvalue weighted by Gasteiger charge is -2.15. The molecule has 0 heterocycles. The molecule has 0 fully saturated rings. The number of aliphatic hydroxyl groups excluding tert-OH is 2. The van der Waals surface area contributed by atoms with E-state index in [0.29, 0.717) is 19.6 Å². The monoisotopic (exact) mass is 253 g/mol. The highest BCUT2D eigenvalue weighted by molar-refractivity contribution is 5.36. The molecule has 0 saturated carbocycles. The zero-order chi connectivity index (χ0) is 13.4. The summed E-state index contributed by atoms with van der Waals surface area (Å²) in [6.07, 6.45) is 0.562. The van der Waals surface area contributed by atoms with Crippen molar-refractivity contribution in [2.24, 2.45) is 0 Å². The van der Waals surface area contributed by atoms with Crippen LogP contribution in [0.15, 0.2) is 18.2 Å². The molecule has 1 aromatic carbocycles. The molecule has 0 aliphatic carbocycles. The number of rotatable bonds is 8. The Kier molecular flexibility index (Phi) is 6.72. The minimum Gasteiger partial charge on any atom is -0.494 e. The molecule has 0 amide bonds. The maximum atomic E-state index is 9.11.